The van der Waals surface area contributed by atoms with Gasteiger partial charge in [0.05, 0.1) is 5.56 Å². The number of nitrogens with one attached hydrogen (secondary N) is 1. The number of aryl methyl sites for hydroxylation is 2. The Balaban J connectivity index is 2.49. The zero-order chi connectivity index (χ0) is 10.1. The fraction of sp³-hybridized carbons (Fsp3) is 0.545. The Morgan fingerprint density at radius 2 is 2.00 bits per heavy atom. The van der Waals surface area contributed by atoms with Crippen molar-refractivity contribution in [3.8, 4) is 0 Å². The Morgan fingerprint density at radius 1 is 1.29 bits per heavy atom. The molecule has 0 unspecified atom stereocenters. The molecule has 0 saturated carbocycles. The number of aromatic carboxylic acids is 1. The molecular weight excluding hydrogens is 178 g/mol. The van der Waals surface area contributed by atoms with Crippen LogP contribution < -0.4 is 0 Å². The van der Waals surface area contributed by atoms with Crippen molar-refractivity contribution in [1.29, 1.82) is 0 Å². The summed E-state index contributed by atoms with van der Waals surface area (Å²) in [5, 5.41) is 9.08. The molecule has 1 aliphatic rings. The summed E-state index contributed by atoms with van der Waals surface area (Å²) in [7, 11) is 0. The molecule has 14 heavy (non-hydrogen) atoms. The molecule has 2 N–H and O–H groups in total. The number of aromatic nitrogens is 1. The van der Waals surface area contributed by atoms with Crippen LogP contribution in [-0.2, 0) is 12.8 Å². The van der Waals surface area contributed by atoms with Gasteiger partial charge >= 0.3 is 5.97 Å². The molecule has 2 rings (SSSR count). The second kappa shape index (κ2) is 3.48. The summed E-state index contributed by atoms with van der Waals surface area (Å²) in [5.41, 5.74) is 3.52. The lowest BCUT2D eigenvalue weighted by molar-refractivity contribution is 0.0695. The second-order valence-electron chi connectivity index (χ2n) is 3.95. The van der Waals surface area contributed by atoms with Crippen LogP contribution in [-0.4, -0.2) is 16.1 Å². The monoisotopic (exact) mass is 193 g/mol. The maximum Gasteiger partial charge on any atom is 0.337 e. The third-order valence-corrected chi connectivity index (χ3v) is 2.95. The van der Waals surface area contributed by atoms with Gasteiger partial charge in [-0.15, -0.1) is 0 Å². The van der Waals surface area contributed by atoms with Crippen LogP contribution in [0.1, 0.15) is 46.6 Å². The van der Waals surface area contributed by atoms with Crippen molar-refractivity contribution in [3.05, 3.63) is 22.5 Å². The lowest BCUT2D eigenvalue weighted by Gasteiger charge is -1.99. The summed E-state index contributed by atoms with van der Waals surface area (Å²) in [5.74, 6) is -0.790. The van der Waals surface area contributed by atoms with Crippen molar-refractivity contribution in [2.45, 2.75) is 39.0 Å². The van der Waals surface area contributed by atoms with Gasteiger partial charge in [0.15, 0.2) is 0 Å². The van der Waals surface area contributed by atoms with E-state index in [0.29, 0.717) is 5.56 Å². The first kappa shape index (κ1) is 9.31. The molecule has 1 heterocycles. The van der Waals surface area contributed by atoms with Gasteiger partial charge in [0, 0.05) is 11.4 Å². The van der Waals surface area contributed by atoms with E-state index >= 15 is 0 Å². The number of rotatable bonds is 1. The average Bonchev–Trinajstić information content (AvgIpc) is 2.31. The van der Waals surface area contributed by atoms with Crippen LogP contribution in [0.25, 0.3) is 0 Å². The van der Waals surface area contributed by atoms with Crippen LogP contribution in [0.3, 0.4) is 0 Å². The third-order valence-electron chi connectivity index (χ3n) is 2.95. The number of carbonyl (C=O) groups is 1. The van der Waals surface area contributed by atoms with E-state index < -0.39 is 5.97 Å². The van der Waals surface area contributed by atoms with Gasteiger partial charge in [-0.25, -0.2) is 4.79 Å². The fourth-order valence-electron chi connectivity index (χ4n) is 2.30. The van der Waals surface area contributed by atoms with Crippen LogP contribution in [0, 0.1) is 6.92 Å². The second-order valence-corrected chi connectivity index (χ2v) is 3.95. The maximum absolute atomic E-state index is 11.0. The molecule has 3 nitrogen and oxygen atoms in total. The third kappa shape index (κ3) is 1.43. The summed E-state index contributed by atoms with van der Waals surface area (Å²) >= 11 is 0. The van der Waals surface area contributed by atoms with Gasteiger partial charge in [0.1, 0.15) is 0 Å². The topological polar surface area (TPSA) is 53.1 Å². The molecule has 0 aliphatic heterocycles. The van der Waals surface area contributed by atoms with Crippen LogP contribution in [0.15, 0.2) is 0 Å². The fourth-order valence-corrected chi connectivity index (χ4v) is 2.30. The van der Waals surface area contributed by atoms with Crippen molar-refractivity contribution in [3.63, 3.8) is 0 Å². The predicted octanol–water partition coefficient (Wildman–Crippen LogP) is 2.29. The van der Waals surface area contributed by atoms with E-state index in [2.05, 4.69) is 4.98 Å². The van der Waals surface area contributed by atoms with E-state index in [1.54, 1.807) is 0 Å². The van der Waals surface area contributed by atoms with Gasteiger partial charge in [-0.3, -0.25) is 0 Å². The van der Waals surface area contributed by atoms with Gasteiger partial charge in [-0.05, 0) is 38.2 Å². The molecule has 1 aromatic rings. The Morgan fingerprint density at radius 3 is 2.71 bits per heavy atom. The smallest absolute Gasteiger partial charge is 0.337 e. The number of fused-ring (bicyclic) bond motifs is 1. The van der Waals surface area contributed by atoms with E-state index in [1.165, 1.54) is 12.8 Å². The number of carboxylic acids is 1. The van der Waals surface area contributed by atoms with E-state index in [9.17, 15) is 4.79 Å². The standard InChI is InChI=1S/C11H15NO2/c1-7-10(11(13)14)8-5-3-2-4-6-9(8)12-7/h12H,2-6H2,1H3,(H,13,14). The molecule has 0 spiro atoms. The van der Waals surface area contributed by atoms with E-state index in [-0.39, 0.29) is 0 Å². The zero-order valence-electron chi connectivity index (χ0n) is 8.39. The average molecular weight is 193 g/mol. The van der Waals surface area contributed by atoms with Crippen LogP contribution in [0.5, 0.6) is 0 Å². The summed E-state index contributed by atoms with van der Waals surface area (Å²) < 4.78 is 0. The number of aromatic amines is 1. The Kier molecular flexibility index (Phi) is 2.32. The Labute approximate surface area is 83.1 Å². The molecule has 1 aliphatic carbocycles. The normalized spacial score (nSPS) is 16.1. The highest BCUT2D eigenvalue weighted by Crippen LogP contribution is 2.25. The highest BCUT2D eigenvalue weighted by Gasteiger charge is 2.21. The van der Waals surface area contributed by atoms with Crippen molar-refractivity contribution in [2.75, 3.05) is 0 Å². The molecule has 0 aromatic carbocycles. The molecule has 0 atom stereocenters. The molecule has 0 fully saturated rings. The molecule has 0 radical (unpaired) electrons. The molecular formula is C11H15NO2. The number of carboxylic acid groups (broad SMARTS) is 1. The summed E-state index contributed by atoms with van der Waals surface area (Å²) in [6.45, 7) is 1.85. The highest BCUT2D eigenvalue weighted by atomic mass is 16.4. The first-order valence-electron chi connectivity index (χ1n) is 5.13. The predicted molar refractivity (Wildman–Crippen MR) is 53.7 cm³/mol. The lowest BCUT2D eigenvalue weighted by Crippen LogP contribution is -2.01. The number of hydrogen-bond acceptors (Lipinski definition) is 1. The molecule has 0 bridgehead atoms. The Bertz CT molecular complexity index is 366. The van der Waals surface area contributed by atoms with Gasteiger partial charge in [-0.2, -0.15) is 0 Å². The molecule has 0 amide bonds. The van der Waals surface area contributed by atoms with Crippen molar-refractivity contribution < 1.29 is 9.90 Å². The minimum Gasteiger partial charge on any atom is -0.478 e. The lowest BCUT2D eigenvalue weighted by atomic mass is 10.0. The number of H-pyrrole nitrogens is 1. The van der Waals surface area contributed by atoms with Gasteiger partial charge < -0.3 is 10.1 Å². The minimum absolute atomic E-state index is 0.516. The van der Waals surface area contributed by atoms with Crippen molar-refractivity contribution in [2.24, 2.45) is 0 Å². The first-order chi connectivity index (χ1) is 6.70. The molecule has 1 aromatic heterocycles. The van der Waals surface area contributed by atoms with Gasteiger partial charge in [-0.1, -0.05) is 6.42 Å². The van der Waals surface area contributed by atoms with Crippen LogP contribution in [0.2, 0.25) is 0 Å². The van der Waals surface area contributed by atoms with Crippen LogP contribution >= 0.6 is 0 Å². The summed E-state index contributed by atoms with van der Waals surface area (Å²) in [4.78, 5) is 14.3. The SMILES string of the molecule is Cc1[nH]c2c(c1C(=O)O)CCCCC2. The summed E-state index contributed by atoms with van der Waals surface area (Å²) in [6, 6.07) is 0. The minimum atomic E-state index is -0.790. The Hall–Kier alpha value is -1.25. The van der Waals surface area contributed by atoms with Crippen molar-refractivity contribution >= 4 is 5.97 Å². The molecule has 76 valence electrons. The van der Waals surface area contributed by atoms with Gasteiger partial charge in [0.25, 0.3) is 0 Å². The number of hydrogen-bond donors (Lipinski definition) is 2. The molecule has 3 heteroatoms. The largest absolute Gasteiger partial charge is 0.478 e. The van der Waals surface area contributed by atoms with Gasteiger partial charge in [0.2, 0.25) is 0 Å². The maximum atomic E-state index is 11.0. The van der Waals surface area contributed by atoms with E-state index in [1.807, 2.05) is 6.92 Å². The zero-order valence-corrected chi connectivity index (χ0v) is 8.39. The highest BCUT2D eigenvalue weighted by molar-refractivity contribution is 5.91. The van der Waals surface area contributed by atoms with Crippen molar-refractivity contribution in [1.82, 2.24) is 4.98 Å². The van der Waals surface area contributed by atoms with E-state index in [0.717, 1.165) is 36.2 Å². The quantitative estimate of drug-likeness (QED) is 0.672. The first-order valence-corrected chi connectivity index (χ1v) is 5.13. The van der Waals surface area contributed by atoms with E-state index in [4.69, 9.17) is 5.11 Å². The van der Waals surface area contributed by atoms with Crippen LogP contribution in [0.4, 0.5) is 0 Å². The molecule has 0 saturated heterocycles. The summed E-state index contributed by atoms with van der Waals surface area (Å²) in [6.07, 6.45) is 5.42.